The second-order valence-electron chi connectivity index (χ2n) is 5.76. The highest BCUT2D eigenvalue weighted by Crippen LogP contribution is 2.27. The Balaban J connectivity index is 0.000000745. The number of hydrogen-bond donors (Lipinski definition) is 1. The van der Waals surface area contributed by atoms with Gasteiger partial charge in [0.25, 0.3) is 0 Å². The third-order valence-electron chi connectivity index (χ3n) is 3.38. The highest BCUT2D eigenvalue weighted by Gasteiger charge is 2.26. The Morgan fingerprint density at radius 2 is 2.14 bits per heavy atom. The van der Waals surface area contributed by atoms with Crippen molar-refractivity contribution < 1.29 is 17.7 Å². The molecule has 7 heteroatoms. The van der Waals surface area contributed by atoms with E-state index in [1.807, 2.05) is 19.9 Å². The minimum atomic E-state index is -0.750. The number of carbonyl (C=O) groups is 1. The quantitative estimate of drug-likeness (QED) is 0.847. The van der Waals surface area contributed by atoms with Crippen LogP contribution in [0.25, 0.3) is 0 Å². The van der Waals surface area contributed by atoms with Crippen molar-refractivity contribution >= 4 is 17.5 Å². The number of nitrogens with zero attached hydrogens (tertiary/aromatic N) is 1. The molecule has 1 aromatic heterocycles. The number of carbonyl (C=O) groups excluding carboxylic acids is 1. The average Bonchev–Trinajstić information content (AvgIpc) is 3.21. The van der Waals surface area contributed by atoms with Crippen LogP contribution in [0.5, 0.6) is 0 Å². The number of rotatable bonds is 4. The van der Waals surface area contributed by atoms with E-state index in [0.29, 0.717) is 11.7 Å². The summed E-state index contributed by atoms with van der Waals surface area (Å²) in [5.41, 5.74) is 0.463. The standard InChI is InChI=1S/C15H20N2O2.O2S/c1-15(2,14(18)16-3)9-8-12-10-13(19-17-12)7-6-11-4-5-11;1-3-2/h10-11H,4-5,8-9H2,1-3H3,(H,16,18);. The van der Waals surface area contributed by atoms with Crippen LogP contribution in [0, 0.1) is 23.2 Å². The highest BCUT2D eigenvalue weighted by atomic mass is 32.1. The molecule has 1 aliphatic rings. The zero-order valence-corrected chi connectivity index (χ0v) is 13.8. The van der Waals surface area contributed by atoms with Crippen molar-refractivity contribution in [1.82, 2.24) is 10.5 Å². The number of aromatic nitrogens is 1. The Kier molecular flexibility index (Phi) is 6.99. The minimum absolute atomic E-state index is 0.0461. The summed E-state index contributed by atoms with van der Waals surface area (Å²) in [6.45, 7) is 3.86. The molecule has 0 unspecified atom stereocenters. The first-order valence-corrected chi connectivity index (χ1v) is 7.70. The SMILES string of the molecule is CNC(=O)C(C)(C)CCc1cc(C#CC2CC2)on1.O=S=O. The van der Waals surface area contributed by atoms with Gasteiger partial charge in [-0.15, -0.1) is 0 Å². The van der Waals surface area contributed by atoms with E-state index in [1.54, 1.807) is 7.05 Å². The molecular formula is C15H20N2O4S. The van der Waals surface area contributed by atoms with E-state index in [1.165, 1.54) is 12.8 Å². The summed E-state index contributed by atoms with van der Waals surface area (Å²) in [7, 11) is 1.66. The first-order chi connectivity index (χ1) is 10.4. The fourth-order valence-electron chi connectivity index (χ4n) is 1.78. The lowest BCUT2D eigenvalue weighted by Gasteiger charge is -2.21. The summed E-state index contributed by atoms with van der Waals surface area (Å²) in [5.74, 6) is 7.36. The first kappa shape index (κ1) is 18.1. The van der Waals surface area contributed by atoms with Gasteiger partial charge in [0.2, 0.25) is 11.7 Å². The van der Waals surface area contributed by atoms with Crippen molar-refractivity contribution in [3.8, 4) is 11.8 Å². The molecule has 1 aromatic rings. The molecule has 0 bridgehead atoms. The van der Waals surface area contributed by atoms with E-state index in [2.05, 4.69) is 22.3 Å². The predicted molar refractivity (Wildman–Crippen MR) is 81.2 cm³/mol. The molecule has 1 aliphatic carbocycles. The lowest BCUT2D eigenvalue weighted by molar-refractivity contribution is -0.129. The van der Waals surface area contributed by atoms with Gasteiger partial charge in [0, 0.05) is 24.4 Å². The van der Waals surface area contributed by atoms with E-state index in [-0.39, 0.29) is 5.91 Å². The summed E-state index contributed by atoms with van der Waals surface area (Å²) in [5, 5.41) is 6.67. The summed E-state index contributed by atoms with van der Waals surface area (Å²) in [6, 6.07) is 1.87. The van der Waals surface area contributed by atoms with Gasteiger partial charge in [0.05, 0.1) is 5.69 Å². The van der Waals surface area contributed by atoms with Gasteiger partial charge in [0.15, 0.2) is 0 Å². The molecule has 22 heavy (non-hydrogen) atoms. The lowest BCUT2D eigenvalue weighted by atomic mass is 9.86. The van der Waals surface area contributed by atoms with Crippen molar-refractivity contribution in [2.24, 2.45) is 11.3 Å². The van der Waals surface area contributed by atoms with E-state index in [0.717, 1.165) is 18.5 Å². The molecule has 1 amide bonds. The number of hydrogen-bond acceptors (Lipinski definition) is 5. The van der Waals surface area contributed by atoms with E-state index in [4.69, 9.17) is 12.9 Å². The fraction of sp³-hybridized carbons (Fsp3) is 0.600. The number of amides is 1. The van der Waals surface area contributed by atoms with Crippen LogP contribution in [0.4, 0.5) is 0 Å². The molecule has 0 aliphatic heterocycles. The van der Waals surface area contributed by atoms with Crippen molar-refractivity contribution in [3.05, 3.63) is 17.5 Å². The molecule has 0 saturated heterocycles. The predicted octanol–water partition coefficient (Wildman–Crippen LogP) is 1.47. The Labute approximate surface area is 133 Å². The average molecular weight is 324 g/mol. The Bertz CT molecular complexity index is 603. The summed E-state index contributed by atoms with van der Waals surface area (Å²) in [4.78, 5) is 11.7. The monoisotopic (exact) mass is 324 g/mol. The third kappa shape index (κ3) is 6.22. The van der Waals surface area contributed by atoms with Crippen LogP contribution >= 0.6 is 0 Å². The van der Waals surface area contributed by atoms with Crippen LogP contribution in [0.1, 0.15) is 44.6 Å². The van der Waals surface area contributed by atoms with Crippen LogP contribution < -0.4 is 5.32 Å². The van der Waals surface area contributed by atoms with E-state index < -0.39 is 17.0 Å². The molecule has 1 N–H and O–H groups in total. The van der Waals surface area contributed by atoms with E-state index in [9.17, 15) is 4.79 Å². The van der Waals surface area contributed by atoms with Gasteiger partial charge in [-0.05, 0) is 31.6 Å². The first-order valence-electron chi connectivity index (χ1n) is 7.04. The molecule has 0 spiro atoms. The Morgan fingerprint density at radius 1 is 1.50 bits per heavy atom. The number of aryl methyl sites for hydroxylation is 1. The lowest BCUT2D eigenvalue weighted by Crippen LogP contribution is -2.34. The minimum Gasteiger partial charge on any atom is -0.359 e. The Hall–Kier alpha value is -1.94. The van der Waals surface area contributed by atoms with Crippen LogP contribution in [0.3, 0.4) is 0 Å². The van der Waals surface area contributed by atoms with Gasteiger partial charge in [-0.2, -0.15) is 8.42 Å². The number of nitrogens with one attached hydrogen (secondary N) is 1. The third-order valence-corrected chi connectivity index (χ3v) is 3.38. The van der Waals surface area contributed by atoms with Gasteiger partial charge >= 0.3 is 11.6 Å². The maximum Gasteiger partial charge on any atom is 0.335 e. The van der Waals surface area contributed by atoms with Gasteiger partial charge in [0.1, 0.15) is 0 Å². The van der Waals surface area contributed by atoms with Crippen LogP contribution in [-0.4, -0.2) is 26.5 Å². The second kappa shape index (κ2) is 8.49. The molecule has 0 aromatic carbocycles. The molecular weight excluding hydrogens is 304 g/mol. The zero-order chi connectivity index (χ0) is 16.6. The van der Waals surface area contributed by atoms with Crippen molar-refractivity contribution in [2.75, 3.05) is 7.05 Å². The molecule has 1 saturated carbocycles. The summed E-state index contributed by atoms with van der Waals surface area (Å²) < 4.78 is 21.8. The van der Waals surface area contributed by atoms with Gasteiger partial charge in [-0.3, -0.25) is 4.79 Å². The van der Waals surface area contributed by atoms with Crippen LogP contribution in [0.15, 0.2) is 10.6 Å². The zero-order valence-electron chi connectivity index (χ0n) is 13.0. The molecule has 0 radical (unpaired) electrons. The smallest absolute Gasteiger partial charge is 0.335 e. The molecule has 1 fully saturated rings. The highest BCUT2D eigenvalue weighted by molar-refractivity contribution is 7.51. The van der Waals surface area contributed by atoms with Gasteiger partial charge in [-0.25, -0.2) is 0 Å². The van der Waals surface area contributed by atoms with Crippen LogP contribution in [-0.2, 0) is 22.8 Å². The van der Waals surface area contributed by atoms with Gasteiger partial charge in [-0.1, -0.05) is 24.9 Å². The van der Waals surface area contributed by atoms with Crippen LogP contribution in [0.2, 0.25) is 0 Å². The topological polar surface area (TPSA) is 89.3 Å². The maximum absolute atomic E-state index is 11.7. The molecule has 2 rings (SSSR count). The largest absolute Gasteiger partial charge is 0.359 e. The second-order valence-corrected chi connectivity index (χ2v) is 5.89. The van der Waals surface area contributed by atoms with Crippen molar-refractivity contribution in [3.63, 3.8) is 0 Å². The molecule has 120 valence electrons. The normalized spacial score (nSPS) is 13.2. The van der Waals surface area contributed by atoms with E-state index >= 15 is 0 Å². The molecule has 1 heterocycles. The maximum atomic E-state index is 11.7. The summed E-state index contributed by atoms with van der Waals surface area (Å²) in [6.07, 6.45) is 3.85. The summed E-state index contributed by atoms with van der Waals surface area (Å²) >= 11 is -0.750. The van der Waals surface area contributed by atoms with Crippen molar-refractivity contribution in [2.45, 2.75) is 39.5 Å². The Morgan fingerprint density at radius 3 is 2.68 bits per heavy atom. The molecule has 6 nitrogen and oxygen atoms in total. The van der Waals surface area contributed by atoms with Gasteiger partial charge < -0.3 is 9.84 Å². The molecule has 0 atom stereocenters. The fourth-order valence-corrected chi connectivity index (χ4v) is 1.78. The van der Waals surface area contributed by atoms with Crippen molar-refractivity contribution in [1.29, 1.82) is 0 Å².